The van der Waals surface area contributed by atoms with E-state index in [-0.39, 0.29) is 0 Å². The highest BCUT2D eigenvalue weighted by Crippen LogP contribution is 2.23. The number of aryl methyl sites for hydroxylation is 8. The van der Waals surface area contributed by atoms with Gasteiger partial charge in [0.15, 0.2) is 0 Å². The van der Waals surface area contributed by atoms with Gasteiger partial charge in [0, 0.05) is 10.0 Å². The second kappa shape index (κ2) is 11.3. The highest BCUT2D eigenvalue weighted by molar-refractivity contribution is 6.34. The molecule has 0 atom stereocenters. The summed E-state index contributed by atoms with van der Waals surface area (Å²) >= 11 is 11.7. The van der Waals surface area contributed by atoms with Crippen LogP contribution in [0.2, 0.25) is 10.0 Å². The van der Waals surface area contributed by atoms with Crippen LogP contribution in [0.1, 0.15) is 44.5 Å². The van der Waals surface area contributed by atoms with Crippen LogP contribution in [-0.4, -0.2) is 0 Å². The Kier molecular flexibility index (Phi) is 9.79. The van der Waals surface area contributed by atoms with E-state index in [2.05, 4.69) is 77.9 Å². The molecule has 0 unspecified atom stereocenters. The minimum atomic E-state index is 0.780. The Balaban J connectivity index is 0.000000212. The van der Waals surface area contributed by atoms with Crippen molar-refractivity contribution in [2.75, 3.05) is 0 Å². The number of hydrogen-bond donors (Lipinski definition) is 0. The summed E-state index contributed by atoms with van der Waals surface area (Å²) < 4.78 is 0. The summed E-state index contributed by atoms with van der Waals surface area (Å²) in [5.41, 5.74) is 10.3. The van der Waals surface area contributed by atoms with Crippen LogP contribution >= 0.6 is 23.2 Å². The maximum Gasteiger partial charge on any atom is 0.0438 e. The van der Waals surface area contributed by atoms with Crippen molar-refractivity contribution in [2.24, 2.45) is 0 Å². The fourth-order valence-electron chi connectivity index (χ4n) is 2.49. The number of hydrogen-bond acceptors (Lipinski definition) is 0. The van der Waals surface area contributed by atoms with Gasteiger partial charge in [0.2, 0.25) is 0 Å². The first kappa shape index (κ1) is 24.3. The highest BCUT2D eigenvalue weighted by Gasteiger charge is 1.98. The van der Waals surface area contributed by atoms with Crippen LogP contribution in [0.5, 0.6) is 0 Å². The predicted molar refractivity (Wildman–Crippen MR) is 127 cm³/mol. The van der Waals surface area contributed by atoms with Crippen molar-refractivity contribution < 1.29 is 0 Å². The molecule has 28 heavy (non-hydrogen) atoms. The van der Waals surface area contributed by atoms with Gasteiger partial charge in [-0.05, 0) is 101 Å². The van der Waals surface area contributed by atoms with Gasteiger partial charge in [-0.25, -0.2) is 0 Å². The molecule has 0 saturated carbocycles. The average molecular weight is 415 g/mol. The molecule has 3 aromatic carbocycles. The molecular formula is C26H32Cl2. The standard InChI is InChI=1S/C10H14.C8H8Cl2.C8H10/c1-7-5-9(3)10(4)6-8(7)2;1-5-3-8(10)6(2)4-7(5)9;1-7-3-5-8(2)6-4-7/h5-6H,1-4H3;3-4H,1-2H3;3-6H,1-2H3. The molecule has 0 saturated heterocycles. The van der Waals surface area contributed by atoms with Gasteiger partial charge < -0.3 is 0 Å². The third-order valence-electron chi connectivity index (χ3n) is 4.77. The molecule has 0 bridgehead atoms. The van der Waals surface area contributed by atoms with E-state index in [0.29, 0.717) is 0 Å². The second-order valence-electron chi connectivity index (χ2n) is 7.53. The summed E-state index contributed by atoms with van der Waals surface area (Å²) in [6, 6.07) is 16.7. The lowest BCUT2D eigenvalue weighted by molar-refractivity contribution is 1.24. The first-order chi connectivity index (χ1) is 13.0. The number of benzene rings is 3. The van der Waals surface area contributed by atoms with Crippen LogP contribution in [-0.2, 0) is 0 Å². The molecule has 0 spiro atoms. The summed E-state index contributed by atoms with van der Waals surface area (Å²) in [6.07, 6.45) is 0. The number of rotatable bonds is 0. The van der Waals surface area contributed by atoms with Crippen molar-refractivity contribution in [3.8, 4) is 0 Å². The molecule has 3 aromatic rings. The molecule has 3 rings (SSSR count). The van der Waals surface area contributed by atoms with Crippen molar-refractivity contribution in [1.82, 2.24) is 0 Å². The van der Waals surface area contributed by atoms with E-state index in [1.165, 1.54) is 33.4 Å². The zero-order valence-electron chi connectivity index (χ0n) is 18.4. The molecule has 0 aliphatic heterocycles. The van der Waals surface area contributed by atoms with E-state index in [1.807, 2.05) is 26.0 Å². The van der Waals surface area contributed by atoms with Gasteiger partial charge in [-0.1, -0.05) is 70.7 Å². The maximum atomic E-state index is 5.83. The lowest BCUT2D eigenvalue weighted by Crippen LogP contribution is -1.86. The van der Waals surface area contributed by atoms with E-state index < -0.39 is 0 Å². The minimum Gasteiger partial charge on any atom is -0.0840 e. The Bertz CT molecular complexity index is 730. The third kappa shape index (κ3) is 8.09. The van der Waals surface area contributed by atoms with Gasteiger partial charge in [-0.2, -0.15) is 0 Å². The van der Waals surface area contributed by atoms with Crippen LogP contribution in [0.25, 0.3) is 0 Å². The fourth-order valence-corrected chi connectivity index (χ4v) is 2.92. The smallest absolute Gasteiger partial charge is 0.0438 e. The first-order valence-corrected chi connectivity index (χ1v) is 10.3. The van der Waals surface area contributed by atoms with Gasteiger partial charge in [0.05, 0.1) is 0 Å². The Morgan fingerprint density at radius 1 is 0.393 bits per heavy atom. The van der Waals surface area contributed by atoms with Crippen LogP contribution < -0.4 is 0 Å². The summed E-state index contributed by atoms with van der Waals surface area (Å²) in [7, 11) is 0. The Hall–Kier alpha value is -1.76. The fraction of sp³-hybridized carbons (Fsp3) is 0.308. The van der Waals surface area contributed by atoms with Gasteiger partial charge in [0.1, 0.15) is 0 Å². The summed E-state index contributed by atoms with van der Waals surface area (Å²) in [6.45, 7) is 16.7. The second-order valence-corrected chi connectivity index (χ2v) is 8.34. The van der Waals surface area contributed by atoms with Crippen molar-refractivity contribution in [2.45, 2.75) is 55.4 Å². The Morgan fingerprint density at radius 2 is 0.643 bits per heavy atom. The molecule has 0 aliphatic carbocycles. The van der Waals surface area contributed by atoms with Crippen molar-refractivity contribution in [3.05, 3.63) is 103 Å². The van der Waals surface area contributed by atoms with Crippen molar-refractivity contribution in [1.29, 1.82) is 0 Å². The van der Waals surface area contributed by atoms with Crippen LogP contribution in [0, 0.1) is 55.4 Å². The van der Waals surface area contributed by atoms with E-state index in [1.54, 1.807) is 0 Å². The van der Waals surface area contributed by atoms with Crippen LogP contribution in [0.4, 0.5) is 0 Å². The molecule has 0 fully saturated rings. The summed E-state index contributed by atoms with van der Waals surface area (Å²) in [5, 5.41) is 1.56. The molecule has 0 aromatic heterocycles. The third-order valence-corrected chi connectivity index (χ3v) is 5.58. The number of halogens is 2. The molecule has 0 radical (unpaired) electrons. The van der Waals surface area contributed by atoms with Crippen LogP contribution in [0.15, 0.2) is 48.5 Å². The summed E-state index contributed by atoms with van der Waals surface area (Å²) in [4.78, 5) is 0. The zero-order valence-corrected chi connectivity index (χ0v) is 19.9. The van der Waals surface area contributed by atoms with Crippen molar-refractivity contribution >= 4 is 23.2 Å². The van der Waals surface area contributed by atoms with E-state index in [9.17, 15) is 0 Å². The highest BCUT2D eigenvalue weighted by atomic mass is 35.5. The van der Waals surface area contributed by atoms with Gasteiger partial charge in [0.25, 0.3) is 0 Å². The first-order valence-electron chi connectivity index (χ1n) is 9.51. The minimum absolute atomic E-state index is 0.780. The topological polar surface area (TPSA) is 0 Å². The van der Waals surface area contributed by atoms with Crippen LogP contribution in [0.3, 0.4) is 0 Å². The van der Waals surface area contributed by atoms with Gasteiger partial charge in [-0.15, -0.1) is 0 Å². The molecule has 0 aliphatic rings. The lowest BCUT2D eigenvalue weighted by Gasteiger charge is -2.04. The van der Waals surface area contributed by atoms with Gasteiger partial charge in [-0.3, -0.25) is 0 Å². The largest absolute Gasteiger partial charge is 0.0840 e. The molecule has 0 nitrogen and oxygen atoms in total. The van der Waals surface area contributed by atoms with Gasteiger partial charge >= 0.3 is 0 Å². The molecule has 2 heteroatoms. The Labute approximate surface area is 181 Å². The van der Waals surface area contributed by atoms with Crippen molar-refractivity contribution in [3.63, 3.8) is 0 Å². The molecule has 0 N–H and O–H groups in total. The van der Waals surface area contributed by atoms with E-state index in [4.69, 9.17) is 23.2 Å². The molecular weight excluding hydrogens is 383 g/mol. The summed E-state index contributed by atoms with van der Waals surface area (Å²) in [5.74, 6) is 0. The Morgan fingerprint density at radius 3 is 0.893 bits per heavy atom. The van der Waals surface area contributed by atoms with E-state index in [0.717, 1.165) is 21.2 Å². The predicted octanol–water partition coefficient (Wildman–Crippen LogP) is 8.83. The SMILES string of the molecule is Cc1cc(C)c(C)cc1C.Cc1cc(Cl)c(C)cc1Cl.Cc1ccc(C)cc1. The average Bonchev–Trinajstić information content (AvgIpc) is 2.62. The molecule has 0 heterocycles. The normalized spacial score (nSPS) is 9.79. The maximum absolute atomic E-state index is 5.83. The van der Waals surface area contributed by atoms with E-state index >= 15 is 0 Å². The molecule has 0 amide bonds. The quantitative estimate of drug-likeness (QED) is 0.344. The lowest BCUT2D eigenvalue weighted by atomic mass is 10.0. The molecule has 150 valence electrons. The zero-order chi connectivity index (χ0) is 21.4. The monoisotopic (exact) mass is 414 g/mol.